The highest BCUT2D eigenvalue weighted by molar-refractivity contribution is 7.99. The minimum absolute atomic E-state index is 0.0360. The van der Waals surface area contributed by atoms with Gasteiger partial charge in [-0.25, -0.2) is 0 Å². The van der Waals surface area contributed by atoms with Gasteiger partial charge in [-0.2, -0.15) is 4.98 Å². The Morgan fingerprint density at radius 2 is 2.33 bits per heavy atom. The van der Waals surface area contributed by atoms with Crippen molar-refractivity contribution in [3.8, 4) is 11.5 Å². The molecule has 0 spiro atoms. The van der Waals surface area contributed by atoms with Crippen molar-refractivity contribution in [1.82, 2.24) is 10.1 Å². The molecule has 2 rings (SSSR count). The molecule has 0 aliphatic rings. The molecule has 94 valence electrons. The first-order chi connectivity index (χ1) is 8.65. The molecule has 0 aliphatic carbocycles. The van der Waals surface area contributed by atoms with Gasteiger partial charge in [0, 0.05) is 5.56 Å². The quantitative estimate of drug-likeness (QED) is 0.893. The third-order valence-electron chi connectivity index (χ3n) is 2.19. The van der Waals surface area contributed by atoms with Gasteiger partial charge in [0.05, 0.1) is 11.5 Å². The minimum Gasteiger partial charge on any atom is -0.481 e. The van der Waals surface area contributed by atoms with Crippen molar-refractivity contribution in [2.75, 3.05) is 5.75 Å². The van der Waals surface area contributed by atoms with Gasteiger partial charge in [0.2, 0.25) is 0 Å². The number of carboxylic acid groups (broad SMARTS) is 1. The molecule has 0 bridgehead atoms. The number of benzene rings is 1. The smallest absolute Gasteiger partial charge is 0.313 e. The zero-order valence-corrected chi connectivity index (χ0v) is 10.6. The molecule has 0 aliphatic heterocycles. The van der Waals surface area contributed by atoms with Crippen LogP contribution in [-0.4, -0.2) is 27.0 Å². The van der Waals surface area contributed by atoms with Crippen molar-refractivity contribution in [3.63, 3.8) is 0 Å². The maximum Gasteiger partial charge on any atom is 0.313 e. The SMILES string of the molecule is Cc1cccc(-c2nc(CSCC(=O)O)no2)c1. The van der Waals surface area contributed by atoms with E-state index in [9.17, 15) is 4.79 Å². The number of thioether (sulfide) groups is 1. The maximum atomic E-state index is 10.4. The second-order valence-electron chi connectivity index (χ2n) is 3.77. The van der Waals surface area contributed by atoms with Crippen LogP contribution in [0.5, 0.6) is 0 Å². The molecule has 0 saturated carbocycles. The Morgan fingerprint density at radius 1 is 1.50 bits per heavy atom. The predicted molar refractivity (Wildman–Crippen MR) is 68.3 cm³/mol. The minimum atomic E-state index is -0.845. The molecule has 0 radical (unpaired) electrons. The summed E-state index contributed by atoms with van der Waals surface area (Å²) in [6.45, 7) is 1.99. The summed E-state index contributed by atoms with van der Waals surface area (Å²) in [5, 5.41) is 12.3. The molecule has 0 unspecified atom stereocenters. The number of aryl methyl sites for hydroxylation is 1. The highest BCUT2D eigenvalue weighted by Gasteiger charge is 2.09. The topological polar surface area (TPSA) is 76.2 Å². The van der Waals surface area contributed by atoms with Gasteiger partial charge in [-0.1, -0.05) is 22.9 Å². The molecule has 1 aromatic heterocycles. The molecule has 0 atom stereocenters. The summed E-state index contributed by atoms with van der Waals surface area (Å²) in [6, 6.07) is 7.77. The molecular formula is C12H12N2O3S. The van der Waals surface area contributed by atoms with Gasteiger partial charge in [-0.05, 0) is 19.1 Å². The van der Waals surface area contributed by atoms with Crippen molar-refractivity contribution in [3.05, 3.63) is 35.7 Å². The summed E-state index contributed by atoms with van der Waals surface area (Å²) in [6.07, 6.45) is 0. The lowest BCUT2D eigenvalue weighted by atomic mass is 10.1. The van der Waals surface area contributed by atoms with E-state index in [1.165, 1.54) is 11.8 Å². The van der Waals surface area contributed by atoms with Gasteiger partial charge < -0.3 is 9.63 Å². The zero-order valence-electron chi connectivity index (χ0n) is 9.79. The summed E-state index contributed by atoms with van der Waals surface area (Å²) in [4.78, 5) is 14.6. The van der Waals surface area contributed by atoms with Gasteiger partial charge in [-0.3, -0.25) is 4.79 Å². The molecule has 6 heteroatoms. The fourth-order valence-corrected chi connectivity index (χ4v) is 2.01. The van der Waals surface area contributed by atoms with E-state index in [1.807, 2.05) is 31.2 Å². The molecule has 0 fully saturated rings. The number of hydrogen-bond donors (Lipinski definition) is 1. The van der Waals surface area contributed by atoms with E-state index in [0.717, 1.165) is 11.1 Å². The molecule has 2 aromatic rings. The average Bonchev–Trinajstić information content (AvgIpc) is 2.77. The van der Waals surface area contributed by atoms with Gasteiger partial charge >= 0.3 is 5.97 Å². The van der Waals surface area contributed by atoms with E-state index in [-0.39, 0.29) is 5.75 Å². The molecule has 5 nitrogen and oxygen atoms in total. The van der Waals surface area contributed by atoms with Crippen molar-refractivity contribution >= 4 is 17.7 Å². The number of rotatable bonds is 5. The lowest BCUT2D eigenvalue weighted by Crippen LogP contribution is -1.98. The van der Waals surface area contributed by atoms with Gasteiger partial charge in [0.1, 0.15) is 0 Å². The Hall–Kier alpha value is -1.82. The van der Waals surface area contributed by atoms with Crippen LogP contribution in [-0.2, 0) is 10.5 Å². The molecule has 1 heterocycles. The highest BCUT2D eigenvalue weighted by atomic mass is 32.2. The number of carboxylic acids is 1. The number of aromatic nitrogens is 2. The van der Waals surface area contributed by atoms with Crippen LogP contribution in [0.25, 0.3) is 11.5 Å². The van der Waals surface area contributed by atoms with E-state index >= 15 is 0 Å². The molecule has 1 aromatic carbocycles. The Balaban J connectivity index is 2.04. The monoisotopic (exact) mass is 264 g/mol. The predicted octanol–water partition coefficient (Wildman–Crippen LogP) is 2.36. The molecular weight excluding hydrogens is 252 g/mol. The van der Waals surface area contributed by atoms with Gasteiger partial charge in [-0.15, -0.1) is 11.8 Å². The highest BCUT2D eigenvalue weighted by Crippen LogP contribution is 2.19. The van der Waals surface area contributed by atoms with Crippen molar-refractivity contribution in [2.24, 2.45) is 0 Å². The first-order valence-electron chi connectivity index (χ1n) is 5.34. The summed E-state index contributed by atoms with van der Waals surface area (Å²) in [5.41, 5.74) is 1.99. The van der Waals surface area contributed by atoms with Crippen LogP contribution in [0.4, 0.5) is 0 Å². The largest absolute Gasteiger partial charge is 0.481 e. The Kier molecular flexibility index (Phi) is 3.99. The average molecular weight is 264 g/mol. The lowest BCUT2D eigenvalue weighted by Gasteiger charge is -1.95. The van der Waals surface area contributed by atoms with Gasteiger partial charge in [0.15, 0.2) is 5.82 Å². The number of aliphatic carboxylic acids is 1. The summed E-state index contributed by atoms with van der Waals surface area (Å²) in [7, 11) is 0. The van der Waals surface area contributed by atoms with Crippen LogP contribution in [0, 0.1) is 6.92 Å². The van der Waals surface area contributed by atoms with E-state index in [2.05, 4.69) is 10.1 Å². The molecule has 18 heavy (non-hydrogen) atoms. The van der Waals surface area contributed by atoms with Crippen LogP contribution in [0.3, 0.4) is 0 Å². The summed E-state index contributed by atoms with van der Waals surface area (Å²) >= 11 is 1.24. The van der Waals surface area contributed by atoms with Crippen molar-refractivity contribution in [1.29, 1.82) is 0 Å². The third kappa shape index (κ3) is 3.33. The fourth-order valence-electron chi connectivity index (χ4n) is 1.44. The third-order valence-corrected chi connectivity index (χ3v) is 3.10. The first kappa shape index (κ1) is 12.6. The van der Waals surface area contributed by atoms with E-state index in [1.54, 1.807) is 0 Å². The van der Waals surface area contributed by atoms with E-state index in [4.69, 9.17) is 9.63 Å². The van der Waals surface area contributed by atoms with Crippen LogP contribution in [0.1, 0.15) is 11.4 Å². The number of hydrogen-bond acceptors (Lipinski definition) is 5. The zero-order chi connectivity index (χ0) is 13.0. The summed E-state index contributed by atoms with van der Waals surface area (Å²) < 4.78 is 5.14. The molecule has 0 saturated heterocycles. The van der Waals surface area contributed by atoms with Crippen molar-refractivity contribution in [2.45, 2.75) is 12.7 Å². The first-order valence-corrected chi connectivity index (χ1v) is 6.50. The Morgan fingerprint density at radius 3 is 3.06 bits per heavy atom. The van der Waals surface area contributed by atoms with Crippen LogP contribution in [0.2, 0.25) is 0 Å². The van der Waals surface area contributed by atoms with E-state index in [0.29, 0.717) is 17.5 Å². The normalized spacial score (nSPS) is 10.5. The van der Waals surface area contributed by atoms with Gasteiger partial charge in [0.25, 0.3) is 5.89 Å². The van der Waals surface area contributed by atoms with E-state index < -0.39 is 5.97 Å². The number of carbonyl (C=O) groups is 1. The second kappa shape index (κ2) is 5.68. The molecule has 0 amide bonds. The molecule has 1 N–H and O–H groups in total. The number of nitrogens with zero attached hydrogens (tertiary/aromatic N) is 2. The van der Waals surface area contributed by atoms with Crippen molar-refractivity contribution < 1.29 is 14.4 Å². The Labute approximate surface area is 108 Å². The lowest BCUT2D eigenvalue weighted by molar-refractivity contribution is -0.133. The fraction of sp³-hybridized carbons (Fsp3) is 0.250. The summed E-state index contributed by atoms with van der Waals surface area (Å²) in [5.74, 6) is 0.598. The van der Waals surface area contributed by atoms with Crippen LogP contribution >= 0.6 is 11.8 Å². The maximum absolute atomic E-state index is 10.4. The standard InChI is InChI=1S/C12H12N2O3S/c1-8-3-2-4-9(5-8)12-13-10(14-17-12)6-18-7-11(15)16/h2-5H,6-7H2,1H3,(H,15,16). The Bertz CT molecular complexity index is 554. The van der Waals surface area contributed by atoms with Crippen LogP contribution < -0.4 is 0 Å². The van der Waals surface area contributed by atoms with Crippen LogP contribution in [0.15, 0.2) is 28.8 Å². The second-order valence-corrected chi connectivity index (χ2v) is 4.76.